The lowest BCUT2D eigenvalue weighted by molar-refractivity contribution is -0.137. The zero-order valence-electron chi connectivity index (χ0n) is 18.8. The lowest BCUT2D eigenvalue weighted by Gasteiger charge is -2.25. The van der Waals surface area contributed by atoms with Gasteiger partial charge in [0.15, 0.2) is 5.78 Å². The molecule has 0 saturated carbocycles. The van der Waals surface area contributed by atoms with Crippen molar-refractivity contribution < 1.29 is 19.2 Å². The van der Waals surface area contributed by atoms with Crippen LogP contribution in [0.3, 0.4) is 0 Å². The summed E-state index contributed by atoms with van der Waals surface area (Å²) in [7, 11) is 0. The Morgan fingerprint density at radius 3 is 2.66 bits per heavy atom. The molecule has 182 valence electrons. The molecule has 2 heterocycles. The molecule has 5 rings (SSSR count). The predicted octanol–water partition coefficient (Wildman–Crippen LogP) is 2.57. The van der Waals surface area contributed by atoms with E-state index in [0.29, 0.717) is 52.7 Å². The van der Waals surface area contributed by atoms with Crippen LogP contribution in [0.25, 0.3) is 22.2 Å². The number of carbonyl (C=O) groups excluding carboxylic acids is 4. The first-order valence-corrected chi connectivity index (χ1v) is 11.4. The van der Waals surface area contributed by atoms with Gasteiger partial charge in [-0.15, -0.1) is 17.0 Å². The van der Waals surface area contributed by atoms with Gasteiger partial charge in [0.05, 0.1) is 28.3 Å². The first kappa shape index (κ1) is 25.0. The first-order chi connectivity index (χ1) is 16.3. The summed E-state index contributed by atoms with van der Waals surface area (Å²) in [6.45, 7) is 1.85. The molecular weight excluding hydrogens is 538 g/mol. The number of aromatic nitrogens is 2. The summed E-state index contributed by atoms with van der Waals surface area (Å²) in [6, 6.07) is 8.60. The normalized spacial score (nSPS) is 17.1. The highest BCUT2D eigenvalue weighted by atomic mass is 79.9. The second-order valence-electron chi connectivity index (χ2n) is 8.47. The molecule has 1 aliphatic heterocycles. The van der Waals surface area contributed by atoms with E-state index in [0.717, 1.165) is 0 Å². The van der Waals surface area contributed by atoms with Crippen molar-refractivity contribution in [3.8, 4) is 11.3 Å². The number of nitrogens with one attached hydrogen (secondary N) is 1. The van der Waals surface area contributed by atoms with Gasteiger partial charge in [-0.1, -0.05) is 35.9 Å². The number of carbonyl (C=O) groups is 4. The quantitative estimate of drug-likeness (QED) is 0.395. The summed E-state index contributed by atoms with van der Waals surface area (Å²) < 4.78 is 1.23. The number of amides is 2. The lowest BCUT2D eigenvalue weighted by atomic mass is 9.87. The van der Waals surface area contributed by atoms with Crippen LogP contribution in [0.2, 0.25) is 5.02 Å². The molecule has 3 N–H and O–H groups in total. The average Bonchev–Trinajstić information content (AvgIpc) is 3.47. The fourth-order valence-electron chi connectivity index (χ4n) is 4.83. The van der Waals surface area contributed by atoms with Gasteiger partial charge in [-0.2, -0.15) is 9.78 Å². The predicted molar refractivity (Wildman–Crippen MR) is 136 cm³/mol. The molecule has 2 aromatic carbocycles. The first-order valence-electron chi connectivity index (χ1n) is 11.0. The van der Waals surface area contributed by atoms with E-state index < -0.39 is 23.9 Å². The number of fused-ring (bicyclic) bond motifs is 2. The molecule has 1 aromatic heterocycles. The highest BCUT2D eigenvalue weighted by molar-refractivity contribution is 8.93. The molecule has 0 unspecified atom stereocenters. The average molecular weight is 561 g/mol. The fraction of sp³-hybridized carbons (Fsp3) is 0.292. The van der Waals surface area contributed by atoms with Gasteiger partial charge in [-0.3, -0.25) is 19.2 Å². The molecule has 2 amide bonds. The third kappa shape index (κ3) is 3.95. The van der Waals surface area contributed by atoms with Crippen molar-refractivity contribution in [2.24, 2.45) is 5.73 Å². The molecule has 1 aliphatic carbocycles. The van der Waals surface area contributed by atoms with E-state index in [2.05, 4.69) is 10.4 Å². The van der Waals surface area contributed by atoms with Gasteiger partial charge in [0.2, 0.25) is 11.8 Å². The number of ketones is 1. The summed E-state index contributed by atoms with van der Waals surface area (Å²) in [5, 5.41) is 8.06. The van der Waals surface area contributed by atoms with Gasteiger partial charge >= 0.3 is 0 Å². The van der Waals surface area contributed by atoms with Crippen LogP contribution >= 0.6 is 28.6 Å². The van der Waals surface area contributed by atoms with Gasteiger partial charge < -0.3 is 16.0 Å². The Labute approximate surface area is 216 Å². The third-order valence-corrected chi connectivity index (χ3v) is 6.74. The second-order valence-corrected chi connectivity index (χ2v) is 8.88. The van der Waals surface area contributed by atoms with E-state index in [-0.39, 0.29) is 40.2 Å². The van der Waals surface area contributed by atoms with Crippen molar-refractivity contribution in [1.29, 1.82) is 0 Å². The van der Waals surface area contributed by atoms with Crippen LogP contribution in [0, 0.1) is 0 Å². The molecule has 35 heavy (non-hydrogen) atoms. The largest absolute Gasteiger partial charge is 0.343 e. The number of nitrogens with two attached hydrogens (primary N) is 1. The molecule has 11 heteroatoms. The standard InChI is InChI=1S/C24H22ClN5O4.BrH/c1-12(27-23(33)17-9-4-10-29(17)18(31)11-26)24(34)30-21-13-5-2-7-15(25)19(13)22(32)14-6-3-8-16(28-30)20(14)21;/h2-3,5-8,12,17H,4,9-11,26H2,1H3,(H,27,33);1H/t12-,17-;/m0./s1. The minimum atomic E-state index is -0.933. The van der Waals surface area contributed by atoms with Gasteiger partial charge in [0, 0.05) is 23.1 Å². The second kappa shape index (κ2) is 9.52. The number of halogens is 2. The summed E-state index contributed by atoms with van der Waals surface area (Å²) in [5.74, 6) is -1.41. The zero-order valence-corrected chi connectivity index (χ0v) is 21.3. The maximum Gasteiger partial charge on any atom is 0.269 e. The van der Waals surface area contributed by atoms with Gasteiger partial charge in [-0.05, 0) is 31.9 Å². The van der Waals surface area contributed by atoms with Gasteiger partial charge in [-0.25, -0.2) is 0 Å². The number of benzene rings is 2. The Kier molecular flexibility index (Phi) is 6.81. The van der Waals surface area contributed by atoms with Crippen LogP contribution in [0.1, 0.15) is 40.5 Å². The van der Waals surface area contributed by atoms with Crippen molar-refractivity contribution in [1.82, 2.24) is 20.0 Å². The molecule has 1 fully saturated rings. The van der Waals surface area contributed by atoms with Crippen LogP contribution in [0.4, 0.5) is 0 Å². The van der Waals surface area contributed by atoms with Crippen molar-refractivity contribution in [2.75, 3.05) is 13.1 Å². The Morgan fingerprint density at radius 2 is 1.91 bits per heavy atom. The van der Waals surface area contributed by atoms with E-state index in [4.69, 9.17) is 17.3 Å². The molecule has 2 aliphatic rings. The Hall–Kier alpha value is -3.08. The Bertz CT molecular complexity index is 1390. The van der Waals surface area contributed by atoms with Crippen LogP contribution in [-0.2, 0) is 9.59 Å². The van der Waals surface area contributed by atoms with E-state index in [1.54, 1.807) is 43.3 Å². The van der Waals surface area contributed by atoms with Crippen LogP contribution in [-0.4, -0.2) is 63.4 Å². The monoisotopic (exact) mass is 559 g/mol. The molecule has 2 atom stereocenters. The van der Waals surface area contributed by atoms with Gasteiger partial charge in [0.25, 0.3) is 5.91 Å². The topological polar surface area (TPSA) is 127 Å². The summed E-state index contributed by atoms with van der Waals surface area (Å²) >= 11 is 6.36. The summed E-state index contributed by atoms with van der Waals surface area (Å²) in [6.07, 6.45) is 1.20. The Balaban J connectivity index is 0.00000289. The van der Waals surface area contributed by atoms with E-state index >= 15 is 0 Å². The zero-order chi connectivity index (χ0) is 24.1. The molecule has 0 bridgehead atoms. The maximum absolute atomic E-state index is 13.5. The summed E-state index contributed by atoms with van der Waals surface area (Å²) in [5.41, 5.74) is 7.68. The SMILES string of the molecule is Br.C[C@H](NC(=O)[C@@H]1CCCN1C(=O)CN)C(=O)n1nc2cccc3c2c1-c1cccc(Cl)c1C3=O. The fourth-order valence-corrected chi connectivity index (χ4v) is 5.09. The van der Waals surface area contributed by atoms with Crippen LogP contribution in [0.15, 0.2) is 36.4 Å². The van der Waals surface area contributed by atoms with E-state index in [9.17, 15) is 19.2 Å². The van der Waals surface area contributed by atoms with Crippen molar-refractivity contribution in [3.05, 3.63) is 52.5 Å². The van der Waals surface area contributed by atoms with Crippen molar-refractivity contribution in [3.63, 3.8) is 0 Å². The summed E-state index contributed by atoms with van der Waals surface area (Å²) in [4.78, 5) is 53.0. The maximum atomic E-state index is 13.5. The number of likely N-dealkylation sites (tertiary alicyclic amines) is 1. The van der Waals surface area contributed by atoms with Crippen LogP contribution < -0.4 is 11.1 Å². The number of hydrogen-bond acceptors (Lipinski definition) is 6. The van der Waals surface area contributed by atoms with E-state index in [1.807, 2.05) is 0 Å². The smallest absolute Gasteiger partial charge is 0.269 e. The lowest BCUT2D eigenvalue weighted by Crippen LogP contribution is -2.51. The number of hydrogen-bond donors (Lipinski definition) is 2. The third-order valence-electron chi connectivity index (χ3n) is 6.43. The molecular formula is C24H23BrClN5O4. The molecule has 0 radical (unpaired) electrons. The molecule has 0 spiro atoms. The number of nitrogens with zero attached hydrogens (tertiary/aromatic N) is 3. The molecule has 3 aromatic rings. The van der Waals surface area contributed by atoms with E-state index in [1.165, 1.54) is 9.58 Å². The van der Waals surface area contributed by atoms with Crippen LogP contribution in [0.5, 0.6) is 0 Å². The Morgan fingerprint density at radius 1 is 1.20 bits per heavy atom. The minimum absolute atomic E-state index is 0. The molecule has 9 nitrogen and oxygen atoms in total. The molecule has 1 saturated heterocycles. The van der Waals surface area contributed by atoms with Crippen molar-refractivity contribution >= 4 is 63.0 Å². The van der Waals surface area contributed by atoms with Crippen molar-refractivity contribution in [2.45, 2.75) is 31.8 Å². The van der Waals surface area contributed by atoms with Gasteiger partial charge in [0.1, 0.15) is 12.1 Å². The number of rotatable bonds is 4. The minimum Gasteiger partial charge on any atom is -0.343 e. The highest BCUT2D eigenvalue weighted by Gasteiger charge is 2.36. The highest BCUT2D eigenvalue weighted by Crippen LogP contribution is 2.41.